The van der Waals surface area contributed by atoms with Gasteiger partial charge < -0.3 is 19.9 Å². The van der Waals surface area contributed by atoms with Gasteiger partial charge >= 0.3 is 0 Å². The van der Waals surface area contributed by atoms with E-state index in [-0.39, 0.29) is 23.8 Å². The number of likely N-dealkylation sites (tertiary alicyclic amines) is 1. The summed E-state index contributed by atoms with van der Waals surface area (Å²) in [5.41, 5.74) is 1.95. The minimum atomic E-state index is -0.318. The van der Waals surface area contributed by atoms with E-state index in [1.807, 2.05) is 29.2 Å². The Morgan fingerprint density at radius 1 is 1.23 bits per heavy atom. The summed E-state index contributed by atoms with van der Waals surface area (Å²) in [5.74, 6) is 1.09. The summed E-state index contributed by atoms with van der Waals surface area (Å²) in [5, 5.41) is 4.06. The summed E-state index contributed by atoms with van der Waals surface area (Å²) in [6.07, 6.45) is 4.70. The van der Waals surface area contributed by atoms with Gasteiger partial charge in [0.25, 0.3) is 0 Å². The number of amides is 2. The van der Waals surface area contributed by atoms with Crippen molar-refractivity contribution in [3.05, 3.63) is 30.0 Å². The number of rotatable bonds is 5. The van der Waals surface area contributed by atoms with Crippen LogP contribution in [0.3, 0.4) is 0 Å². The second-order valence-corrected chi connectivity index (χ2v) is 7.28. The van der Waals surface area contributed by atoms with Crippen molar-refractivity contribution >= 4 is 22.7 Å². The number of fused-ring (bicyclic) bond motifs is 1. The first-order valence-corrected chi connectivity index (χ1v) is 9.39. The average molecular weight is 355 g/mol. The molecule has 2 aliphatic rings. The minimum absolute atomic E-state index is 0.0464. The predicted molar refractivity (Wildman–Crippen MR) is 98.8 cm³/mol. The molecule has 2 N–H and O–H groups in total. The molecular formula is C20H25N3O3. The molecule has 0 radical (unpaired) electrons. The van der Waals surface area contributed by atoms with Crippen LogP contribution in [-0.4, -0.2) is 41.4 Å². The minimum Gasteiger partial charge on any atom is -0.497 e. The van der Waals surface area contributed by atoms with Gasteiger partial charge in [0, 0.05) is 29.1 Å². The molecule has 138 valence electrons. The predicted octanol–water partition coefficient (Wildman–Crippen LogP) is 2.58. The van der Waals surface area contributed by atoms with Crippen LogP contribution in [-0.2, 0) is 16.1 Å². The summed E-state index contributed by atoms with van der Waals surface area (Å²) in [4.78, 5) is 30.3. The Hall–Kier alpha value is -2.50. The summed E-state index contributed by atoms with van der Waals surface area (Å²) >= 11 is 0. The second kappa shape index (κ2) is 7.02. The smallest absolute Gasteiger partial charge is 0.243 e. The van der Waals surface area contributed by atoms with Crippen LogP contribution in [0.1, 0.15) is 37.8 Å². The van der Waals surface area contributed by atoms with Crippen molar-refractivity contribution in [2.75, 3.05) is 13.7 Å². The molecule has 2 aromatic rings. The Morgan fingerprint density at radius 3 is 2.85 bits per heavy atom. The summed E-state index contributed by atoms with van der Waals surface area (Å²) in [6, 6.07) is 7.54. The molecule has 2 heterocycles. The lowest BCUT2D eigenvalue weighted by atomic mass is 10.0. The van der Waals surface area contributed by atoms with E-state index in [1.54, 1.807) is 7.11 Å². The summed E-state index contributed by atoms with van der Waals surface area (Å²) < 4.78 is 5.25. The number of hydrogen-bond acceptors (Lipinski definition) is 3. The largest absolute Gasteiger partial charge is 0.497 e. The average Bonchev–Trinajstić information content (AvgIpc) is 3.44. The van der Waals surface area contributed by atoms with Gasteiger partial charge in [-0.1, -0.05) is 0 Å². The van der Waals surface area contributed by atoms with Gasteiger partial charge in [-0.2, -0.15) is 0 Å². The molecular weight excluding hydrogens is 330 g/mol. The molecule has 1 aromatic heterocycles. The Bertz CT molecular complexity index is 825. The zero-order chi connectivity index (χ0) is 18.1. The zero-order valence-corrected chi connectivity index (χ0v) is 15.1. The molecule has 4 rings (SSSR count). The van der Waals surface area contributed by atoms with Crippen molar-refractivity contribution < 1.29 is 14.3 Å². The highest BCUT2D eigenvalue weighted by Crippen LogP contribution is 2.33. The fourth-order valence-corrected chi connectivity index (χ4v) is 3.73. The van der Waals surface area contributed by atoms with E-state index in [0.29, 0.717) is 13.1 Å². The lowest BCUT2D eigenvalue weighted by Gasteiger charge is -2.34. The zero-order valence-electron chi connectivity index (χ0n) is 15.1. The molecule has 2 amide bonds. The van der Waals surface area contributed by atoms with Crippen molar-refractivity contribution in [3.8, 4) is 5.75 Å². The van der Waals surface area contributed by atoms with Gasteiger partial charge in [-0.25, -0.2) is 0 Å². The van der Waals surface area contributed by atoms with E-state index in [1.165, 1.54) is 0 Å². The first-order valence-electron chi connectivity index (χ1n) is 9.39. The number of methoxy groups -OCH3 is 1. The first-order chi connectivity index (χ1) is 12.7. The maximum Gasteiger partial charge on any atom is 0.243 e. The molecule has 26 heavy (non-hydrogen) atoms. The van der Waals surface area contributed by atoms with Gasteiger partial charge in [-0.15, -0.1) is 0 Å². The third-order valence-electron chi connectivity index (χ3n) is 5.35. The fraction of sp³-hybridized carbons (Fsp3) is 0.500. The van der Waals surface area contributed by atoms with E-state index in [0.717, 1.165) is 54.5 Å². The summed E-state index contributed by atoms with van der Waals surface area (Å²) in [6.45, 7) is 1.14. The van der Waals surface area contributed by atoms with E-state index >= 15 is 0 Å². The van der Waals surface area contributed by atoms with Crippen LogP contribution < -0.4 is 10.1 Å². The number of benzene rings is 1. The normalized spacial score (nSPS) is 20.2. The van der Waals surface area contributed by atoms with E-state index in [9.17, 15) is 9.59 Å². The monoisotopic (exact) mass is 355 g/mol. The number of nitrogens with zero attached hydrogens (tertiary/aromatic N) is 1. The van der Waals surface area contributed by atoms with Crippen molar-refractivity contribution in [2.45, 2.75) is 44.7 Å². The number of carbonyl (C=O) groups excluding carboxylic acids is 2. The molecule has 1 unspecified atom stereocenters. The fourth-order valence-electron chi connectivity index (χ4n) is 3.73. The van der Waals surface area contributed by atoms with Crippen LogP contribution in [0.4, 0.5) is 0 Å². The van der Waals surface area contributed by atoms with Gasteiger partial charge in [-0.3, -0.25) is 9.59 Å². The summed E-state index contributed by atoms with van der Waals surface area (Å²) in [7, 11) is 1.65. The number of aromatic amines is 1. The molecule has 2 fully saturated rings. The number of H-pyrrole nitrogens is 1. The van der Waals surface area contributed by atoms with E-state index in [2.05, 4.69) is 10.3 Å². The Balaban J connectivity index is 1.41. The Morgan fingerprint density at radius 2 is 2.08 bits per heavy atom. The van der Waals surface area contributed by atoms with Crippen molar-refractivity contribution in [1.82, 2.24) is 15.2 Å². The number of carbonyl (C=O) groups is 2. The number of nitrogens with one attached hydrogen (secondary N) is 2. The molecule has 0 spiro atoms. The Labute approximate surface area is 152 Å². The number of aromatic nitrogens is 1. The number of piperidine rings is 1. The van der Waals surface area contributed by atoms with Gasteiger partial charge in [0.15, 0.2) is 0 Å². The SMILES string of the molecule is COc1ccc2[nH]c(CNC(=O)C3CCCCN3C(=O)C3CC3)cc2c1. The highest BCUT2D eigenvalue weighted by atomic mass is 16.5. The molecule has 1 atom stereocenters. The molecule has 6 heteroatoms. The van der Waals surface area contributed by atoms with E-state index in [4.69, 9.17) is 4.74 Å². The van der Waals surface area contributed by atoms with Crippen LogP contribution >= 0.6 is 0 Å². The molecule has 1 aliphatic heterocycles. The molecule has 1 saturated heterocycles. The second-order valence-electron chi connectivity index (χ2n) is 7.28. The van der Waals surface area contributed by atoms with Crippen LogP contribution in [0, 0.1) is 5.92 Å². The molecule has 6 nitrogen and oxygen atoms in total. The van der Waals surface area contributed by atoms with Gasteiger partial charge in [-0.05, 0) is 56.4 Å². The van der Waals surface area contributed by atoms with Crippen LogP contribution in [0.25, 0.3) is 10.9 Å². The molecule has 1 aliphatic carbocycles. The molecule has 0 bridgehead atoms. The van der Waals surface area contributed by atoms with Gasteiger partial charge in [0.2, 0.25) is 11.8 Å². The molecule has 1 aromatic carbocycles. The third-order valence-corrected chi connectivity index (χ3v) is 5.35. The maximum absolute atomic E-state index is 12.7. The first kappa shape index (κ1) is 16.9. The van der Waals surface area contributed by atoms with E-state index < -0.39 is 0 Å². The van der Waals surface area contributed by atoms with Crippen LogP contribution in [0.15, 0.2) is 24.3 Å². The molecule has 1 saturated carbocycles. The van der Waals surface area contributed by atoms with Gasteiger partial charge in [0.05, 0.1) is 13.7 Å². The quantitative estimate of drug-likeness (QED) is 0.866. The van der Waals surface area contributed by atoms with Crippen molar-refractivity contribution in [3.63, 3.8) is 0 Å². The van der Waals surface area contributed by atoms with Crippen LogP contribution in [0.5, 0.6) is 5.75 Å². The topological polar surface area (TPSA) is 74.4 Å². The lowest BCUT2D eigenvalue weighted by Crippen LogP contribution is -2.52. The Kier molecular flexibility index (Phi) is 4.57. The maximum atomic E-state index is 12.7. The highest BCUT2D eigenvalue weighted by molar-refractivity contribution is 5.89. The number of hydrogen-bond donors (Lipinski definition) is 2. The third kappa shape index (κ3) is 3.41. The highest BCUT2D eigenvalue weighted by Gasteiger charge is 2.39. The van der Waals surface area contributed by atoms with Crippen molar-refractivity contribution in [2.24, 2.45) is 5.92 Å². The van der Waals surface area contributed by atoms with Crippen molar-refractivity contribution in [1.29, 1.82) is 0 Å². The number of ether oxygens (including phenoxy) is 1. The van der Waals surface area contributed by atoms with Gasteiger partial charge in [0.1, 0.15) is 11.8 Å². The van der Waals surface area contributed by atoms with Crippen LogP contribution in [0.2, 0.25) is 0 Å². The standard InChI is InChI=1S/C20H25N3O3/c1-26-16-7-8-17-14(11-16)10-15(22-17)12-21-19(24)18-4-2-3-9-23(18)20(25)13-5-6-13/h7-8,10-11,13,18,22H,2-6,9,12H2,1H3,(H,21,24). The lowest BCUT2D eigenvalue weighted by molar-refractivity contribution is -0.143.